The van der Waals surface area contributed by atoms with Gasteiger partial charge in [-0.3, -0.25) is 5.32 Å². The van der Waals surface area contributed by atoms with Gasteiger partial charge in [0.25, 0.3) is 0 Å². The number of hydrogen-bond donors (Lipinski definition) is 1. The van der Waals surface area contributed by atoms with Crippen molar-refractivity contribution in [2.75, 3.05) is 18.9 Å². The van der Waals surface area contributed by atoms with Crippen molar-refractivity contribution in [1.29, 1.82) is 0 Å². The lowest BCUT2D eigenvalue weighted by Crippen LogP contribution is -2.66. The average Bonchev–Trinajstić information content (AvgIpc) is 2.53. The zero-order valence-corrected chi connectivity index (χ0v) is 11.3. The third-order valence-electron chi connectivity index (χ3n) is 3.29. The Hall–Kier alpha value is -0.0300. The summed E-state index contributed by atoms with van der Waals surface area (Å²) in [5.74, 6) is 0.973. The van der Waals surface area contributed by atoms with Gasteiger partial charge in [-0.1, -0.05) is 6.08 Å². The average molecular weight is 242 g/mol. The van der Waals surface area contributed by atoms with Crippen LogP contribution in [0.1, 0.15) is 27.2 Å². The van der Waals surface area contributed by atoms with Gasteiger partial charge in [0.2, 0.25) is 0 Å². The van der Waals surface area contributed by atoms with Gasteiger partial charge in [0.1, 0.15) is 11.2 Å². The molecule has 0 aliphatic carbocycles. The molecule has 1 N–H and O–H groups in total. The molecule has 0 aromatic carbocycles. The molecule has 0 amide bonds. The molecule has 92 valence electrons. The predicted molar refractivity (Wildman–Crippen MR) is 69.3 cm³/mol. The largest absolute Gasteiger partial charge is 0.359 e. The molecule has 2 atom stereocenters. The molecule has 3 nitrogen and oxygen atoms in total. The quantitative estimate of drug-likeness (QED) is 0.765. The SMILES string of the molecule is C=CCS[C@@H]1NC(C)(C)C[C@]2(C)OCCN12. The van der Waals surface area contributed by atoms with E-state index in [-0.39, 0.29) is 11.3 Å². The van der Waals surface area contributed by atoms with E-state index in [9.17, 15) is 0 Å². The van der Waals surface area contributed by atoms with E-state index < -0.39 is 0 Å². The smallest absolute Gasteiger partial charge is 0.122 e. The van der Waals surface area contributed by atoms with E-state index in [1.165, 1.54) is 0 Å². The number of thioether (sulfide) groups is 1. The van der Waals surface area contributed by atoms with Gasteiger partial charge < -0.3 is 4.74 Å². The maximum Gasteiger partial charge on any atom is 0.122 e. The van der Waals surface area contributed by atoms with Crippen LogP contribution in [0.25, 0.3) is 0 Å². The van der Waals surface area contributed by atoms with Crippen molar-refractivity contribution in [2.45, 2.75) is 44.0 Å². The van der Waals surface area contributed by atoms with E-state index in [0.29, 0.717) is 5.50 Å². The fourth-order valence-electron chi connectivity index (χ4n) is 2.78. The molecule has 2 fully saturated rings. The molecule has 2 rings (SSSR count). The second-order valence-electron chi connectivity index (χ2n) is 5.40. The molecule has 0 aromatic rings. The molecule has 2 saturated heterocycles. The highest BCUT2D eigenvalue weighted by Gasteiger charge is 2.50. The number of hydrogen-bond acceptors (Lipinski definition) is 4. The number of fused-ring (bicyclic) bond motifs is 1. The molecule has 2 aliphatic heterocycles. The number of nitrogens with one attached hydrogen (secondary N) is 1. The van der Waals surface area contributed by atoms with Crippen LogP contribution >= 0.6 is 11.8 Å². The third-order valence-corrected chi connectivity index (χ3v) is 4.41. The molecule has 0 unspecified atom stereocenters. The molecule has 0 saturated carbocycles. The minimum Gasteiger partial charge on any atom is -0.359 e. The molecule has 0 spiro atoms. The highest BCUT2D eigenvalue weighted by atomic mass is 32.2. The van der Waals surface area contributed by atoms with Gasteiger partial charge in [0.05, 0.1) is 6.61 Å². The van der Waals surface area contributed by atoms with Gasteiger partial charge in [-0.15, -0.1) is 18.3 Å². The maximum absolute atomic E-state index is 5.94. The molecule has 16 heavy (non-hydrogen) atoms. The van der Waals surface area contributed by atoms with Crippen molar-refractivity contribution < 1.29 is 4.74 Å². The summed E-state index contributed by atoms with van der Waals surface area (Å²) in [5, 5.41) is 3.69. The number of nitrogens with zero attached hydrogens (tertiary/aromatic N) is 1. The van der Waals surface area contributed by atoms with Gasteiger partial charge in [0, 0.05) is 24.3 Å². The van der Waals surface area contributed by atoms with Gasteiger partial charge in [-0.2, -0.15) is 0 Å². The summed E-state index contributed by atoms with van der Waals surface area (Å²) in [7, 11) is 0. The monoisotopic (exact) mass is 242 g/mol. The first-order chi connectivity index (χ1) is 7.47. The Balaban J connectivity index is 2.13. The van der Waals surface area contributed by atoms with E-state index in [1.54, 1.807) is 0 Å². The maximum atomic E-state index is 5.94. The Bertz CT molecular complexity index is 282. The van der Waals surface area contributed by atoms with Crippen LogP contribution in [0.4, 0.5) is 0 Å². The Kier molecular flexibility index (Phi) is 3.36. The minimum absolute atomic E-state index is 0.0897. The molecule has 4 heteroatoms. The zero-order valence-electron chi connectivity index (χ0n) is 10.5. The van der Waals surface area contributed by atoms with Crippen molar-refractivity contribution in [1.82, 2.24) is 10.2 Å². The molecule has 0 bridgehead atoms. The van der Waals surface area contributed by atoms with Crippen molar-refractivity contribution in [2.24, 2.45) is 0 Å². The minimum atomic E-state index is -0.0897. The predicted octanol–water partition coefficient (Wildman–Crippen LogP) is 2.01. The third kappa shape index (κ3) is 2.30. The topological polar surface area (TPSA) is 24.5 Å². The highest BCUT2D eigenvalue weighted by molar-refractivity contribution is 7.99. The summed E-state index contributed by atoms with van der Waals surface area (Å²) in [6, 6.07) is 0. The van der Waals surface area contributed by atoms with E-state index in [1.807, 2.05) is 17.8 Å². The number of ether oxygens (including phenoxy) is 1. The van der Waals surface area contributed by atoms with Gasteiger partial charge >= 0.3 is 0 Å². The van der Waals surface area contributed by atoms with Crippen LogP contribution in [0.5, 0.6) is 0 Å². The first-order valence-electron chi connectivity index (χ1n) is 5.88. The van der Waals surface area contributed by atoms with Crippen LogP contribution in [-0.4, -0.2) is 40.6 Å². The molecule has 0 radical (unpaired) electrons. The van der Waals surface area contributed by atoms with E-state index in [0.717, 1.165) is 25.3 Å². The summed E-state index contributed by atoms with van der Waals surface area (Å²) < 4.78 is 5.94. The van der Waals surface area contributed by atoms with E-state index >= 15 is 0 Å². The zero-order chi connectivity index (χ0) is 11.8. The molecule has 2 aliphatic rings. The van der Waals surface area contributed by atoms with Crippen LogP contribution in [-0.2, 0) is 4.74 Å². The van der Waals surface area contributed by atoms with Crippen molar-refractivity contribution in [3.63, 3.8) is 0 Å². The van der Waals surface area contributed by atoms with Crippen LogP contribution in [0.15, 0.2) is 12.7 Å². The summed E-state index contributed by atoms with van der Waals surface area (Å²) in [4.78, 5) is 2.44. The van der Waals surface area contributed by atoms with Crippen LogP contribution < -0.4 is 5.32 Å². The molecule has 0 aromatic heterocycles. The standard InChI is InChI=1S/C12H22N2OS/c1-5-8-16-10-13-11(2,3)9-12(4)14(10)6-7-15-12/h5,10,13H,1,6-9H2,2-4H3/t10-,12+/m1/s1. The van der Waals surface area contributed by atoms with Crippen LogP contribution in [0, 0.1) is 0 Å². The van der Waals surface area contributed by atoms with Crippen molar-refractivity contribution >= 4 is 11.8 Å². The first-order valence-corrected chi connectivity index (χ1v) is 6.93. The fraction of sp³-hybridized carbons (Fsp3) is 0.833. The Morgan fingerprint density at radius 2 is 2.31 bits per heavy atom. The summed E-state index contributed by atoms with van der Waals surface area (Å²) in [6.45, 7) is 12.4. The Labute approximate surface area is 103 Å². The second-order valence-corrected chi connectivity index (χ2v) is 6.51. The summed E-state index contributed by atoms with van der Waals surface area (Å²) in [5.41, 5.74) is 0.386. The lowest BCUT2D eigenvalue weighted by atomic mass is 9.91. The van der Waals surface area contributed by atoms with Crippen LogP contribution in [0.2, 0.25) is 0 Å². The lowest BCUT2D eigenvalue weighted by molar-refractivity contribution is -0.121. The van der Waals surface area contributed by atoms with Crippen LogP contribution in [0.3, 0.4) is 0 Å². The molecular weight excluding hydrogens is 220 g/mol. The van der Waals surface area contributed by atoms with Gasteiger partial charge in [0.15, 0.2) is 0 Å². The Morgan fingerprint density at radius 1 is 1.56 bits per heavy atom. The molecule has 2 heterocycles. The van der Waals surface area contributed by atoms with E-state index in [2.05, 4.69) is 37.6 Å². The fourth-order valence-corrected chi connectivity index (χ4v) is 4.00. The highest BCUT2D eigenvalue weighted by Crippen LogP contribution is 2.39. The lowest BCUT2D eigenvalue weighted by Gasteiger charge is -2.50. The first kappa shape index (κ1) is 12.4. The summed E-state index contributed by atoms with van der Waals surface area (Å²) in [6.07, 6.45) is 2.99. The molecular formula is C12H22N2OS. The number of rotatable bonds is 3. The van der Waals surface area contributed by atoms with Crippen molar-refractivity contribution in [3.8, 4) is 0 Å². The second kappa shape index (κ2) is 4.33. The normalized spacial score (nSPS) is 38.3. The van der Waals surface area contributed by atoms with Gasteiger partial charge in [-0.25, -0.2) is 4.90 Å². The summed E-state index contributed by atoms with van der Waals surface area (Å²) >= 11 is 1.89. The van der Waals surface area contributed by atoms with Gasteiger partial charge in [-0.05, 0) is 20.8 Å². The Morgan fingerprint density at radius 3 is 3.00 bits per heavy atom. The van der Waals surface area contributed by atoms with Crippen molar-refractivity contribution in [3.05, 3.63) is 12.7 Å². The van der Waals surface area contributed by atoms with E-state index in [4.69, 9.17) is 4.74 Å².